The Hall–Kier alpha value is -4.20. The number of nitroso groups, excluding NO2 is 1. The van der Waals surface area contributed by atoms with Crippen LogP contribution in [-0.4, -0.2) is 66.0 Å². The van der Waals surface area contributed by atoms with Gasteiger partial charge in [0.2, 0.25) is 11.0 Å². The van der Waals surface area contributed by atoms with Crippen LogP contribution in [-0.2, 0) is 25.5 Å². The first kappa shape index (κ1) is 29.3. The summed E-state index contributed by atoms with van der Waals surface area (Å²) in [6.45, 7) is 0. The number of benzene rings is 2. The maximum atomic E-state index is 14.0. The average Bonchev–Trinajstić information content (AvgIpc) is 3.43. The van der Waals surface area contributed by atoms with E-state index in [-0.39, 0.29) is 23.2 Å². The molecule has 2 aliphatic rings. The molecule has 2 aliphatic heterocycles. The molecule has 3 aromatic rings. The number of carbonyl (C=O) groups is 3. The van der Waals surface area contributed by atoms with Crippen LogP contribution in [0.25, 0.3) is 0 Å². The average molecular weight is 629 g/mol. The predicted molar refractivity (Wildman–Crippen MR) is 154 cm³/mol. The van der Waals surface area contributed by atoms with Crippen molar-refractivity contribution in [3.8, 4) is 0 Å². The Labute approximate surface area is 253 Å². The second kappa shape index (κ2) is 12.8. The van der Waals surface area contributed by atoms with Crippen LogP contribution >= 0.6 is 35.0 Å². The smallest absolute Gasteiger partial charge is 0.356 e. The van der Waals surface area contributed by atoms with Crippen LogP contribution in [0.4, 0.5) is 0 Å². The summed E-state index contributed by atoms with van der Waals surface area (Å²) in [6.07, 6.45) is -0.657. The quantitative estimate of drug-likeness (QED) is 0.0756. The van der Waals surface area contributed by atoms with E-state index in [1.54, 1.807) is 0 Å². The van der Waals surface area contributed by atoms with Gasteiger partial charge >= 0.3 is 5.97 Å². The first-order chi connectivity index (χ1) is 20.3. The maximum Gasteiger partial charge on any atom is 0.356 e. The van der Waals surface area contributed by atoms with E-state index < -0.39 is 52.6 Å². The molecule has 1 fully saturated rings. The molecule has 3 heterocycles. The fourth-order valence-electron chi connectivity index (χ4n) is 4.61. The van der Waals surface area contributed by atoms with Crippen molar-refractivity contribution in [2.75, 3.05) is 11.6 Å². The number of β-lactam (4-membered cyclic amide) rings is 1. The van der Waals surface area contributed by atoms with Gasteiger partial charge < -0.3 is 15.2 Å². The van der Waals surface area contributed by atoms with E-state index in [0.717, 1.165) is 11.1 Å². The first-order valence-corrected chi connectivity index (χ1v) is 14.4. The van der Waals surface area contributed by atoms with Gasteiger partial charge in [-0.2, -0.15) is 0 Å². The summed E-state index contributed by atoms with van der Waals surface area (Å²) in [5.41, 5.74) is 1.16. The summed E-state index contributed by atoms with van der Waals surface area (Å²) in [5.74, 6) is -3.04. The van der Waals surface area contributed by atoms with E-state index in [4.69, 9.17) is 27.9 Å². The SMILES string of the molecule is O=NC(C(=O)NC1C(=O)N2C(C(=O)OC(c3ccccc3)c3ccccc3)=C(Cc3nc(Cl)n[nH]3)CS[C@H]12)=C(O)CCl. The monoisotopic (exact) mass is 628 g/mol. The zero-order chi connectivity index (χ0) is 29.8. The highest BCUT2D eigenvalue weighted by Gasteiger charge is 2.55. The Morgan fingerprint density at radius 1 is 1.17 bits per heavy atom. The number of carbonyl (C=O) groups excluding carboxylic acids is 3. The number of aromatic amines is 1. The number of esters is 1. The van der Waals surface area contributed by atoms with E-state index in [1.807, 2.05) is 60.7 Å². The predicted octanol–water partition coefficient (Wildman–Crippen LogP) is 3.76. The van der Waals surface area contributed by atoms with E-state index in [1.165, 1.54) is 16.7 Å². The van der Waals surface area contributed by atoms with E-state index >= 15 is 0 Å². The maximum absolute atomic E-state index is 14.0. The van der Waals surface area contributed by atoms with Crippen LogP contribution in [0.1, 0.15) is 23.1 Å². The number of hydrogen-bond donors (Lipinski definition) is 3. The number of amides is 2. The zero-order valence-electron chi connectivity index (χ0n) is 21.6. The summed E-state index contributed by atoms with van der Waals surface area (Å²) in [4.78, 5) is 56.4. The third-order valence-corrected chi connectivity index (χ3v) is 8.31. The Morgan fingerprint density at radius 2 is 1.81 bits per heavy atom. The number of thioether (sulfide) groups is 1. The van der Waals surface area contributed by atoms with Gasteiger partial charge in [-0.1, -0.05) is 60.7 Å². The summed E-state index contributed by atoms with van der Waals surface area (Å²) >= 11 is 12.7. The highest BCUT2D eigenvalue weighted by atomic mass is 35.5. The number of nitrogens with one attached hydrogen (secondary N) is 2. The molecule has 1 saturated heterocycles. The molecule has 12 nitrogen and oxygen atoms in total. The Morgan fingerprint density at radius 3 is 2.36 bits per heavy atom. The molecule has 0 aliphatic carbocycles. The number of nitrogens with zero attached hydrogens (tertiary/aromatic N) is 4. The fraction of sp³-hybridized carbons (Fsp3) is 0.222. The number of aliphatic hydroxyl groups is 1. The molecule has 15 heteroatoms. The molecular weight excluding hydrogens is 607 g/mol. The van der Waals surface area contributed by atoms with E-state index in [0.29, 0.717) is 11.4 Å². The van der Waals surface area contributed by atoms with Crippen molar-refractivity contribution >= 4 is 52.7 Å². The molecule has 42 heavy (non-hydrogen) atoms. The van der Waals surface area contributed by atoms with Crippen LogP contribution in [0.5, 0.6) is 0 Å². The van der Waals surface area contributed by atoms with Gasteiger partial charge in [0.25, 0.3) is 11.8 Å². The normalized spacial score (nSPS) is 18.6. The molecule has 0 spiro atoms. The highest BCUT2D eigenvalue weighted by Crippen LogP contribution is 2.42. The Balaban J connectivity index is 1.47. The minimum atomic E-state index is -1.11. The van der Waals surface area contributed by atoms with Gasteiger partial charge in [0.05, 0.1) is 5.88 Å². The van der Waals surface area contributed by atoms with E-state index in [9.17, 15) is 24.4 Å². The lowest BCUT2D eigenvalue weighted by Crippen LogP contribution is -2.70. The zero-order valence-corrected chi connectivity index (χ0v) is 23.9. The number of allylic oxidation sites excluding steroid dienone is 1. The van der Waals surface area contributed by atoms with Gasteiger partial charge in [0.15, 0.2) is 6.10 Å². The Kier molecular flexibility index (Phi) is 8.90. The number of fused-ring (bicyclic) bond motifs is 1. The number of alkyl halides is 1. The number of hydrogen-bond acceptors (Lipinski definition) is 10. The van der Waals surface area contributed by atoms with Crippen molar-refractivity contribution in [2.45, 2.75) is 23.9 Å². The van der Waals surface area contributed by atoms with Gasteiger partial charge in [-0.3, -0.25) is 19.6 Å². The number of H-pyrrole nitrogens is 1. The topological polar surface area (TPSA) is 167 Å². The highest BCUT2D eigenvalue weighted by molar-refractivity contribution is 8.00. The molecule has 2 amide bonds. The summed E-state index contributed by atoms with van der Waals surface area (Å²) in [6, 6.07) is 17.2. The number of aromatic nitrogens is 3. The standard InChI is InChI=1S/C27H22Cl2N6O6S/c28-12-17(36)19(34-40)23(37)31-20-24(38)35-21(16(13-42-25(20)35)11-18-30-27(29)33-32-18)26(39)41-22(14-7-3-1-4-8-14)15-9-5-2-6-10-15/h1-10,20,22,25,36H,11-13H2,(H,31,37)(H,30,32,33)/t20?,25-/m1/s1. The molecule has 0 radical (unpaired) electrons. The van der Waals surface area contributed by atoms with Gasteiger partial charge in [0.1, 0.15) is 28.7 Å². The minimum absolute atomic E-state index is 0.0000623. The molecular formula is C27H22Cl2N6O6S. The summed E-state index contributed by atoms with van der Waals surface area (Å²) in [7, 11) is 0. The number of aliphatic hydroxyl groups excluding tert-OH is 1. The lowest BCUT2D eigenvalue weighted by molar-refractivity contribution is -0.154. The van der Waals surface area contributed by atoms with Crippen molar-refractivity contribution in [3.63, 3.8) is 0 Å². The lowest BCUT2D eigenvalue weighted by atomic mass is 9.99. The van der Waals surface area contributed by atoms with Crippen molar-refractivity contribution in [1.29, 1.82) is 0 Å². The minimum Gasteiger partial charge on any atom is -0.508 e. The summed E-state index contributed by atoms with van der Waals surface area (Å²) < 4.78 is 6.08. The second-order valence-corrected chi connectivity index (χ2v) is 10.9. The Bertz CT molecular complexity index is 1540. The van der Waals surface area contributed by atoms with Crippen molar-refractivity contribution < 1.29 is 24.2 Å². The van der Waals surface area contributed by atoms with Crippen LogP contribution in [0.15, 0.2) is 88.6 Å². The molecule has 2 aromatic carbocycles. The molecule has 3 N–H and O–H groups in total. The largest absolute Gasteiger partial charge is 0.508 e. The van der Waals surface area contributed by atoms with Gasteiger partial charge in [-0.15, -0.1) is 33.4 Å². The third kappa shape index (κ3) is 5.89. The second-order valence-electron chi connectivity index (χ2n) is 9.17. The molecule has 1 aromatic heterocycles. The molecule has 5 rings (SSSR count). The molecule has 0 saturated carbocycles. The van der Waals surface area contributed by atoms with Gasteiger partial charge in [-0.25, -0.2) is 9.78 Å². The summed E-state index contributed by atoms with van der Waals surface area (Å²) in [5, 5.41) is 20.5. The van der Waals surface area contributed by atoms with Crippen LogP contribution in [0.3, 0.4) is 0 Å². The van der Waals surface area contributed by atoms with E-state index in [2.05, 4.69) is 25.7 Å². The fourth-order valence-corrected chi connectivity index (χ4v) is 6.22. The van der Waals surface area contributed by atoms with Crippen LogP contribution < -0.4 is 5.32 Å². The van der Waals surface area contributed by atoms with Gasteiger partial charge in [0, 0.05) is 12.2 Å². The molecule has 2 atom stereocenters. The lowest BCUT2D eigenvalue weighted by Gasteiger charge is -2.49. The van der Waals surface area contributed by atoms with Crippen molar-refractivity contribution in [1.82, 2.24) is 25.4 Å². The van der Waals surface area contributed by atoms with Crippen LogP contribution in [0.2, 0.25) is 5.28 Å². The van der Waals surface area contributed by atoms with Gasteiger partial charge in [-0.05, 0) is 33.5 Å². The molecule has 216 valence electrons. The molecule has 0 bridgehead atoms. The van der Waals surface area contributed by atoms with Crippen LogP contribution in [0, 0.1) is 4.91 Å². The number of ether oxygens (including phenoxy) is 1. The number of halogens is 2. The first-order valence-electron chi connectivity index (χ1n) is 12.5. The third-order valence-electron chi connectivity index (χ3n) is 6.55. The van der Waals surface area contributed by atoms with Crippen molar-refractivity contribution in [3.05, 3.63) is 111 Å². The number of rotatable bonds is 10. The molecule has 1 unspecified atom stereocenters. The van der Waals surface area contributed by atoms with Crippen molar-refractivity contribution in [2.24, 2.45) is 5.18 Å².